The third-order valence-electron chi connectivity index (χ3n) is 2.00. The molecule has 0 aromatic carbocycles. The van der Waals surface area contributed by atoms with Crippen LogP contribution in [0.15, 0.2) is 5.38 Å². The average Bonchev–Trinajstić information content (AvgIpc) is 2.59. The van der Waals surface area contributed by atoms with Crippen LogP contribution in [0.2, 0.25) is 0 Å². The van der Waals surface area contributed by atoms with Crippen LogP contribution in [0.4, 0.5) is 0 Å². The van der Waals surface area contributed by atoms with Crippen molar-refractivity contribution in [3.05, 3.63) is 16.1 Å². The smallest absolute Gasteiger partial charge is 0.0950 e. The minimum Gasteiger partial charge on any atom is -0.302 e. The van der Waals surface area contributed by atoms with Crippen molar-refractivity contribution in [2.24, 2.45) is 0 Å². The standard InChI is InChI=1S/C10H15N3S/c1-3-9(6-11)12-5-4-10-7-14-8(2)13-10/h7,9,12H,3-5H2,1-2H3. The van der Waals surface area contributed by atoms with E-state index in [9.17, 15) is 0 Å². The lowest BCUT2D eigenvalue weighted by Gasteiger charge is -2.06. The maximum atomic E-state index is 8.70. The van der Waals surface area contributed by atoms with Crippen LogP contribution in [0.25, 0.3) is 0 Å². The summed E-state index contributed by atoms with van der Waals surface area (Å²) in [4.78, 5) is 4.35. The molecule has 0 saturated carbocycles. The van der Waals surface area contributed by atoms with Gasteiger partial charge in [-0.25, -0.2) is 4.98 Å². The number of nitriles is 1. The number of aromatic nitrogens is 1. The summed E-state index contributed by atoms with van der Waals surface area (Å²) in [7, 11) is 0. The third kappa shape index (κ3) is 3.44. The van der Waals surface area contributed by atoms with Gasteiger partial charge >= 0.3 is 0 Å². The van der Waals surface area contributed by atoms with Gasteiger partial charge < -0.3 is 5.32 Å². The lowest BCUT2D eigenvalue weighted by atomic mass is 10.2. The number of nitrogens with one attached hydrogen (secondary N) is 1. The molecule has 3 nitrogen and oxygen atoms in total. The fourth-order valence-electron chi connectivity index (χ4n) is 1.18. The van der Waals surface area contributed by atoms with Gasteiger partial charge in [0.2, 0.25) is 0 Å². The highest BCUT2D eigenvalue weighted by Gasteiger charge is 2.03. The Hall–Kier alpha value is -0.920. The molecule has 0 spiro atoms. The Bertz CT molecular complexity index is 313. The molecule has 14 heavy (non-hydrogen) atoms. The van der Waals surface area contributed by atoms with Gasteiger partial charge in [-0.15, -0.1) is 11.3 Å². The summed E-state index contributed by atoms with van der Waals surface area (Å²) in [6, 6.07) is 2.20. The molecule has 1 unspecified atom stereocenters. The molecule has 0 amide bonds. The summed E-state index contributed by atoms with van der Waals surface area (Å²) in [5, 5.41) is 15.1. The predicted molar refractivity (Wildman–Crippen MR) is 58.2 cm³/mol. The van der Waals surface area contributed by atoms with Gasteiger partial charge in [-0.05, 0) is 13.3 Å². The van der Waals surface area contributed by atoms with Gasteiger partial charge in [0.05, 0.1) is 22.8 Å². The second-order valence-corrected chi connectivity index (χ2v) is 4.21. The Balaban J connectivity index is 2.25. The molecule has 0 fully saturated rings. The van der Waals surface area contributed by atoms with Crippen LogP contribution in [0.5, 0.6) is 0 Å². The number of hydrogen-bond donors (Lipinski definition) is 1. The number of hydrogen-bond acceptors (Lipinski definition) is 4. The summed E-state index contributed by atoms with van der Waals surface area (Å²) in [6.45, 7) is 4.84. The molecule has 0 saturated heterocycles. The molecule has 1 heterocycles. The van der Waals surface area contributed by atoms with E-state index in [1.807, 2.05) is 13.8 Å². The third-order valence-corrected chi connectivity index (χ3v) is 2.82. The van der Waals surface area contributed by atoms with Crippen LogP contribution in [-0.4, -0.2) is 17.6 Å². The molecule has 0 aliphatic rings. The monoisotopic (exact) mass is 209 g/mol. The van der Waals surface area contributed by atoms with Gasteiger partial charge in [0.25, 0.3) is 0 Å². The molecule has 76 valence electrons. The fourth-order valence-corrected chi connectivity index (χ4v) is 1.83. The largest absolute Gasteiger partial charge is 0.302 e. The van der Waals surface area contributed by atoms with Crippen LogP contribution in [0, 0.1) is 18.3 Å². The summed E-state index contributed by atoms with van der Waals surface area (Å²) < 4.78 is 0. The summed E-state index contributed by atoms with van der Waals surface area (Å²) in [6.07, 6.45) is 1.76. The molecule has 0 aliphatic heterocycles. The van der Waals surface area contributed by atoms with Crippen molar-refractivity contribution in [1.29, 1.82) is 5.26 Å². The first-order valence-electron chi connectivity index (χ1n) is 4.80. The Kier molecular flexibility index (Phi) is 4.57. The number of thiazole rings is 1. The predicted octanol–water partition coefficient (Wildman–Crippen LogP) is 1.89. The highest BCUT2D eigenvalue weighted by atomic mass is 32.1. The first kappa shape index (κ1) is 11.2. The zero-order valence-electron chi connectivity index (χ0n) is 8.58. The van der Waals surface area contributed by atoms with Crippen LogP contribution in [0.3, 0.4) is 0 Å². The molecular weight excluding hydrogens is 194 g/mol. The van der Waals surface area contributed by atoms with Crippen molar-refractivity contribution < 1.29 is 0 Å². The lowest BCUT2D eigenvalue weighted by molar-refractivity contribution is 0.586. The van der Waals surface area contributed by atoms with Crippen molar-refractivity contribution in [1.82, 2.24) is 10.3 Å². The van der Waals surface area contributed by atoms with Gasteiger partial charge in [0.1, 0.15) is 0 Å². The van der Waals surface area contributed by atoms with Crippen LogP contribution < -0.4 is 5.32 Å². The zero-order valence-corrected chi connectivity index (χ0v) is 9.40. The minimum absolute atomic E-state index is 0.0188. The lowest BCUT2D eigenvalue weighted by Crippen LogP contribution is -2.28. The van der Waals surface area contributed by atoms with E-state index < -0.39 is 0 Å². The van der Waals surface area contributed by atoms with E-state index >= 15 is 0 Å². The van der Waals surface area contributed by atoms with E-state index in [-0.39, 0.29) is 6.04 Å². The zero-order chi connectivity index (χ0) is 10.4. The molecule has 1 atom stereocenters. The molecular formula is C10H15N3S. The van der Waals surface area contributed by atoms with Gasteiger partial charge in [0, 0.05) is 18.3 Å². The average molecular weight is 209 g/mol. The topological polar surface area (TPSA) is 48.7 Å². The van der Waals surface area contributed by atoms with Gasteiger partial charge in [-0.2, -0.15) is 5.26 Å². The first-order valence-corrected chi connectivity index (χ1v) is 5.68. The summed E-state index contributed by atoms with van der Waals surface area (Å²) in [5.74, 6) is 0. The van der Waals surface area contributed by atoms with Crippen molar-refractivity contribution in [2.75, 3.05) is 6.54 Å². The molecule has 1 rings (SSSR count). The Morgan fingerprint density at radius 2 is 2.50 bits per heavy atom. The second-order valence-electron chi connectivity index (χ2n) is 3.15. The van der Waals surface area contributed by atoms with Crippen molar-refractivity contribution in [3.8, 4) is 6.07 Å². The minimum atomic E-state index is -0.0188. The SMILES string of the molecule is CCC(C#N)NCCc1csc(C)n1. The van der Waals surface area contributed by atoms with Gasteiger partial charge in [-0.3, -0.25) is 0 Å². The normalized spacial score (nSPS) is 12.4. The van der Waals surface area contributed by atoms with E-state index in [4.69, 9.17) is 5.26 Å². The summed E-state index contributed by atoms with van der Waals surface area (Å²) >= 11 is 1.67. The van der Waals surface area contributed by atoms with Gasteiger partial charge in [-0.1, -0.05) is 6.92 Å². The Labute approximate surface area is 88.8 Å². The maximum absolute atomic E-state index is 8.70. The number of nitrogens with zero attached hydrogens (tertiary/aromatic N) is 2. The van der Waals surface area contributed by atoms with Crippen molar-refractivity contribution in [2.45, 2.75) is 32.7 Å². The fraction of sp³-hybridized carbons (Fsp3) is 0.600. The quantitative estimate of drug-likeness (QED) is 0.805. The molecule has 0 bridgehead atoms. The van der Waals surface area contributed by atoms with Crippen LogP contribution in [0.1, 0.15) is 24.0 Å². The second kappa shape index (κ2) is 5.74. The maximum Gasteiger partial charge on any atom is 0.0950 e. The van der Waals surface area contributed by atoms with E-state index in [2.05, 4.69) is 21.8 Å². The molecule has 1 aromatic heterocycles. The van der Waals surface area contributed by atoms with E-state index in [1.54, 1.807) is 11.3 Å². The Morgan fingerprint density at radius 1 is 1.71 bits per heavy atom. The highest BCUT2D eigenvalue weighted by molar-refractivity contribution is 7.09. The Morgan fingerprint density at radius 3 is 3.00 bits per heavy atom. The highest BCUT2D eigenvalue weighted by Crippen LogP contribution is 2.07. The van der Waals surface area contributed by atoms with Crippen molar-refractivity contribution in [3.63, 3.8) is 0 Å². The van der Waals surface area contributed by atoms with Crippen LogP contribution >= 0.6 is 11.3 Å². The summed E-state index contributed by atoms with van der Waals surface area (Å²) in [5.41, 5.74) is 1.12. The molecule has 4 heteroatoms. The number of aryl methyl sites for hydroxylation is 1. The molecule has 1 aromatic rings. The van der Waals surface area contributed by atoms with E-state index in [0.717, 1.165) is 30.1 Å². The number of rotatable bonds is 5. The van der Waals surface area contributed by atoms with E-state index in [1.165, 1.54) is 0 Å². The van der Waals surface area contributed by atoms with Gasteiger partial charge in [0.15, 0.2) is 0 Å². The molecule has 0 radical (unpaired) electrons. The molecule has 1 N–H and O–H groups in total. The van der Waals surface area contributed by atoms with Crippen molar-refractivity contribution >= 4 is 11.3 Å². The molecule has 0 aliphatic carbocycles. The first-order chi connectivity index (χ1) is 6.76. The van der Waals surface area contributed by atoms with Crippen LogP contribution in [-0.2, 0) is 6.42 Å². The van der Waals surface area contributed by atoms with E-state index in [0.29, 0.717) is 0 Å².